The lowest BCUT2D eigenvalue weighted by Crippen LogP contribution is -2.25. The summed E-state index contributed by atoms with van der Waals surface area (Å²) in [5, 5.41) is 10.2. The normalized spacial score (nSPS) is 10.2. The van der Waals surface area contributed by atoms with Gasteiger partial charge >= 0.3 is 0 Å². The molecule has 2 heterocycles. The Kier molecular flexibility index (Phi) is 4.01. The summed E-state index contributed by atoms with van der Waals surface area (Å²) in [6.07, 6.45) is 3.50. The lowest BCUT2D eigenvalue weighted by atomic mass is 10.5. The number of methoxy groups -OCH3 is 1. The van der Waals surface area contributed by atoms with Crippen LogP contribution in [0.3, 0.4) is 0 Å². The highest BCUT2D eigenvalue weighted by Gasteiger charge is 2.11. The van der Waals surface area contributed by atoms with Crippen LogP contribution in [0.5, 0.6) is 5.75 Å². The third-order valence-corrected chi connectivity index (χ3v) is 2.28. The minimum Gasteiger partial charge on any atom is -0.494 e. The van der Waals surface area contributed by atoms with E-state index in [0.29, 0.717) is 24.0 Å². The molecule has 1 amide bonds. The quantitative estimate of drug-likeness (QED) is 0.830. The van der Waals surface area contributed by atoms with Crippen LogP contribution in [0.2, 0.25) is 0 Å². The Morgan fingerprint density at radius 3 is 2.58 bits per heavy atom. The maximum atomic E-state index is 11.7. The minimum atomic E-state index is -0.418. The monoisotopic (exact) mass is 263 g/mol. The Morgan fingerprint density at radius 2 is 2.00 bits per heavy atom. The minimum absolute atomic E-state index is 0.0519. The lowest BCUT2D eigenvalue weighted by molar-refractivity contribution is 0.0936. The molecule has 0 bridgehead atoms. The van der Waals surface area contributed by atoms with E-state index in [1.165, 1.54) is 19.5 Å². The molecule has 8 nitrogen and oxygen atoms in total. The first-order chi connectivity index (χ1) is 9.22. The number of carbonyl (C=O) groups is 1. The third-order valence-electron chi connectivity index (χ3n) is 2.28. The van der Waals surface area contributed by atoms with Crippen LogP contribution in [0.15, 0.2) is 16.8 Å². The highest BCUT2D eigenvalue weighted by Crippen LogP contribution is 2.05. The summed E-state index contributed by atoms with van der Waals surface area (Å²) in [7, 11) is 1.50. The van der Waals surface area contributed by atoms with E-state index >= 15 is 0 Å². The van der Waals surface area contributed by atoms with Gasteiger partial charge in [-0.1, -0.05) is 6.92 Å². The molecule has 1 N–H and O–H groups in total. The van der Waals surface area contributed by atoms with Crippen molar-refractivity contribution in [2.75, 3.05) is 7.11 Å². The number of nitrogens with one attached hydrogen (secondary N) is 1. The molecule has 19 heavy (non-hydrogen) atoms. The number of aromatic nitrogens is 4. The molecule has 0 saturated heterocycles. The van der Waals surface area contributed by atoms with E-state index in [1.54, 1.807) is 0 Å². The molecule has 100 valence electrons. The molecule has 2 rings (SSSR count). The molecule has 0 aliphatic heterocycles. The molecule has 0 aromatic carbocycles. The zero-order valence-electron chi connectivity index (χ0n) is 10.6. The van der Waals surface area contributed by atoms with Gasteiger partial charge in [-0.05, 0) is 0 Å². The number of hydrogen-bond donors (Lipinski definition) is 1. The van der Waals surface area contributed by atoms with Gasteiger partial charge in [0.15, 0.2) is 5.75 Å². The van der Waals surface area contributed by atoms with E-state index in [4.69, 9.17) is 9.15 Å². The van der Waals surface area contributed by atoms with Gasteiger partial charge < -0.3 is 14.5 Å². The molecule has 0 fully saturated rings. The van der Waals surface area contributed by atoms with Crippen molar-refractivity contribution in [2.24, 2.45) is 0 Å². The molecule has 2 aromatic heterocycles. The molecule has 0 spiro atoms. The first-order valence-electron chi connectivity index (χ1n) is 5.68. The maximum Gasteiger partial charge on any atom is 0.289 e. The number of hydrogen-bond acceptors (Lipinski definition) is 7. The van der Waals surface area contributed by atoms with Gasteiger partial charge in [0.05, 0.1) is 26.0 Å². The zero-order chi connectivity index (χ0) is 13.7. The number of rotatable bonds is 5. The van der Waals surface area contributed by atoms with Crippen molar-refractivity contribution in [1.29, 1.82) is 0 Å². The van der Waals surface area contributed by atoms with Crippen molar-refractivity contribution in [3.63, 3.8) is 0 Å². The van der Waals surface area contributed by atoms with Crippen molar-refractivity contribution in [3.05, 3.63) is 30.0 Å². The number of ether oxygens (including phenoxy) is 1. The average molecular weight is 263 g/mol. The van der Waals surface area contributed by atoms with Gasteiger partial charge in [0.1, 0.15) is 0 Å². The smallest absolute Gasteiger partial charge is 0.289 e. The molecular weight excluding hydrogens is 250 g/mol. The SMILES string of the molecule is CCc1nnc(CNC(=O)c2ncc(OC)cn2)o1. The summed E-state index contributed by atoms with van der Waals surface area (Å²) in [5.41, 5.74) is 0. The molecule has 0 radical (unpaired) electrons. The van der Waals surface area contributed by atoms with Gasteiger partial charge in [0, 0.05) is 6.42 Å². The number of amides is 1. The molecule has 2 aromatic rings. The Morgan fingerprint density at radius 1 is 1.32 bits per heavy atom. The van der Waals surface area contributed by atoms with E-state index in [1.807, 2.05) is 6.92 Å². The van der Waals surface area contributed by atoms with Crippen molar-refractivity contribution in [1.82, 2.24) is 25.5 Å². The van der Waals surface area contributed by atoms with Crippen molar-refractivity contribution in [3.8, 4) is 5.75 Å². The van der Waals surface area contributed by atoms with Crippen molar-refractivity contribution in [2.45, 2.75) is 19.9 Å². The molecule has 0 aliphatic rings. The van der Waals surface area contributed by atoms with Crippen LogP contribution >= 0.6 is 0 Å². The lowest BCUT2D eigenvalue weighted by Gasteiger charge is -2.02. The Labute approximate surface area is 109 Å². The number of nitrogens with zero attached hydrogens (tertiary/aromatic N) is 4. The number of aryl methyl sites for hydroxylation is 1. The summed E-state index contributed by atoms with van der Waals surface area (Å²) in [6.45, 7) is 2.04. The fraction of sp³-hybridized carbons (Fsp3) is 0.364. The Hall–Kier alpha value is -2.51. The van der Waals surface area contributed by atoms with Crippen molar-refractivity contribution >= 4 is 5.91 Å². The standard InChI is InChI=1S/C11H13N5O3/c1-3-8-15-16-9(19-8)6-14-11(17)10-12-4-7(18-2)5-13-10/h4-5H,3,6H2,1-2H3,(H,14,17). The van der Waals surface area contributed by atoms with E-state index < -0.39 is 5.91 Å². The third kappa shape index (κ3) is 3.24. The van der Waals surface area contributed by atoms with Gasteiger partial charge in [-0.3, -0.25) is 4.79 Å². The second-order valence-electron chi connectivity index (χ2n) is 3.57. The van der Waals surface area contributed by atoms with Crippen LogP contribution in [0, 0.1) is 0 Å². The zero-order valence-corrected chi connectivity index (χ0v) is 10.6. The van der Waals surface area contributed by atoms with E-state index in [-0.39, 0.29) is 12.4 Å². The Bertz CT molecular complexity index is 552. The second-order valence-corrected chi connectivity index (χ2v) is 3.57. The van der Waals surface area contributed by atoms with E-state index in [2.05, 4.69) is 25.5 Å². The predicted octanol–water partition coefficient (Wildman–Crippen LogP) is 0.361. The molecule has 8 heteroatoms. The van der Waals surface area contributed by atoms with E-state index in [9.17, 15) is 4.79 Å². The maximum absolute atomic E-state index is 11.7. The highest BCUT2D eigenvalue weighted by atomic mass is 16.5. The fourth-order valence-corrected chi connectivity index (χ4v) is 1.28. The summed E-state index contributed by atoms with van der Waals surface area (Å²) < 4.78 is 10.2. The van der Waals surface area contributed by atoms with Gasteiger partial charge in [-0.2, -0.15) is 0 Å². The van der Waals surface area contributed by atoms with Gasteiger partial charge in [0.2, 0.25) is 17.6 Å². The van der Waals surface area contributed by atoms with Crippen LogP contribution in [0.4, 0.5) is 0 Å². The predicted molar refractivity (Wildman–Crippen MR) is 63.4 cm³/mol. The molecule has 0 aliphatic carbocycles. The van der Waals surface area contributed by atoms with Crippen LogP contribution < -0.4 is 10.1 Å². The average Bonchev–Trinajstić information content (AvgIpc) is 2.93. The molecule has 0 atom stereocenters. The molecular formula is C11H13N5O3. The van der Waals surface area contributed by atoms with Crippen LogP contribution in [-0.2, 0) is 13.0 Å². The summed E-state index contributed by atoms with van der Waals surface area (Å²) in [5.74, 6) is 1.000. The second kappa shape index (κ2) is 5.89. The summed E-state index contributed by atoms with van der Waals surface area (Å²) in [6, 6.07) is 0. The van der Waals surface area contributed by atoms with Crippen molar-refractivity contribution < 1.29 is 13.9 Å². The van der Waals surface area contributed by atoms with Crippen LogP contribution in [-0.4, -0.2) is 33.2 Å². The van der Waals surface area contributed by atoms with Crippen LogP contribution in [0.25, 0.3) is 0 Å². The number of carbonyl (C=O) groups excluding carboxylic acids is 1. The molecule has 0 saturated carbocycles. The summed E-state index contributed by atoms with van der Waals surface area (Å²) >= 11 is 0. The Balaban J connectivity index is 1.93. The molecule has 0 unspecified atom stereocenters. The highest BCUT2D eigenvalue weighted by molar-refractivity contribution is 5.90. The first-order valence-corrected chi connectivity index (χ1v) is 5.68. The topological polar surface area (TPSA) is 103 Å². The first kappa shape index (κ1) is 12.9. The summed E-state index contributed by atoms with van der Waals surface area (Å²) in [4.78, 5) is 19.5. The van der Waals surface area contributed by atoms with Gasteiger partial charge in [-0.15, -0.1) is 10.2 Å². The largest absolute Gasteiger partial charge is 0.494 e. The van der Waals surface area contributed by atoms with Gasteiger partial charge in [-0.25, -0.2) is 9.97 Å². The van der Waals surface area contributed by atoms with Gasteiger partial charge in [0.25, 0.3) is 5.91 Å². The fourth-order valence-electron chi connectivity index (χ4n) is 1.28. The van der Waals surface area contributed by atoms with Crippen LogP contribution in [0.1, 0.15) is 29.3 Å². The van der Waals surface area contributed by atoms with E-state index in [0.717, 1.165) is 0 Å².